The number of esters is 1. The van der Waals surface area contributed by atoms with Crippen molar-refractivity contribution < 1.29 is 28.7 Å². The van der Waals surface area contributed by atoms with E-state index in [1.165, 1.54) is 30.3 Å². The highest BCUT2D eigenvalue weighted by atomic mass is 16.5. The lowest BCUT2D eigenvalue weighted by atomic mass is 10.1. The van der Waals surface area contributed by atoms with E-state index in [0.29, 0.717) is 17.9 Å². The minimum absolute atomic E-state index is 0.201. The third-order valence-electron chi connectivity index (χ3n) is 5.19. The molecule has 0 unspecified atom stereocenters. The number of hydrogen-bond donors (Lipinski definition) is 1. The summed E-state index contributed by atoms with van der Waals surface area (Å²) in [5.41, 5.74) is 1.72. The second kappa shape index (κ2) is 10.5. The third-order valence-corrected chi connectivity index (χ3v) is 5.19. The molecule has 8 nitrogen and oxygen atoms in total. The number of para-hydroxylation sites is 1. The standard InChI is InChI=1S/C27H22N2O6/c1-2-34-26(32)19-12-14-21(15-13-19)29-25(31)22(24(30)28-27(29)33)16-20-10-6-7-11-23(20)35-17-18-8-4-3-5-9-18/h3-16H,2,17H2,1H3,(H,28,30,33)/b22-16+. The van der Waals surface area contributed by atoms with Gasteiger partial charge in [0.05, 0.1) is 17.9 Å². The first kappa shape index (κ1) is 23.4. The Bertz CT molecular complexity index is 1300. The van der Waals surface area contributed by atoms with E-state index in [-0.39, 0.29) is 23.4 Å². The number of carbonyl (C=O) groups is 4. The van der Waals surface area contributed by atoms with Gasteiger partial charge in [0.15, 0.2) is 0 Å². The smallest absolute Gasteiger partial charge is 0.338 e. The number of anilines is 1. The van der Waals surface area contributed by atoms with E-state index in [1.807, 2.05) is 30.3 Å². The second-order valence-electron chi connectivity index (χ2n) is 7.54. The third kappa shape index (κ3) is 5.27. The number of hydrogen-bond acceptors (Lipinski definition) is 6. The molecule has 0 saturated carbocycles. The SMILES string of the molecule is CCOC(=O)c1ccc(N2C(=O)NC(=O)/C(=C\c3ccccc3OCc3ccccc3)C2=O)cc1. The molecule has 4 amide bonds. The first-order valence-electron chi connectivity index (χ1n) is 10.9. The van der Waals surface area contributed by atoms with Crippen LogP contribution in [0.4, 0.5) is 10.5 Å². The molecule has 0 radical (unpaired) electrons. The van der Waals surface area contributed by atoms with Crippen LogP contribution >= 0.6 is 0 Å². The van der Waals surface area contributed by atoms with Crippen LogP contribution in [-0.4, -0.2) is 30.4 Å². The molecule has 0 aromatic heterocycles. The monoisotopic (exact) mass is 470 g/mol. The number of benzene rings is 3. The van der Waals surface area contributed by atoms with Crippen LogP contribution in [0.1, 0.15) is 28.4 Å². The van der Waals surface area contributed by atoms with E-state index in [9.17, 15) is 19.2 Å². The normalized spacial score (nSPS) is 14.6. The molecule has 8 heteroatoms. The van der Waals surface area contributed by atoms with Crippen molar-refractivity contribution in [2.75, 3.05) is 11.5 Å². The van der Waals surface area contributed by atoms with Gasteiger partial charge in [-0.1, -0.05) is 48.5 Å². The molecule has 35 heavy (non-hydrogen) atoms. The van der Waals surface area contributed by atoms with Gasteiger partial charge in [-0.3, -0.25) is 14.9 Å². The Balaban J connectivity index is 1.60. The Morgan fingerprint density at radius 3 is 2.31 bits per heavy atom. The predicted octanol–water partition coefficient (Wildman–Crippen LogP) is 4.11. The molecule has 0 bridgehead atoms. The summed E-state index contributed by atoms with van der Waals surface area (Å²) in [5.74, 6) is -1.64. The number of amides is 4. The Morgan fingerprint density at radius 2 is 1.60 bits per heavy atom. The van der Waals surface area contributed by atoms with Crippen molar-refractivity contribution >= 4 is 35.6 Å². The van der Waals surface area contributed by atoms with E-state index in [1.54, 1.807) is 31.2 Å². The summed E-state index contributed by atoms with van der Waals surface area (Å²) in [4.78, 5) is 51.0. The zero-order chi connectivity index (χ0) is 24.8. The van der Waals surface area contributed by atoms with Crippen LogP contribution in [0.3, 0.4) is 0 Å². The van der Waals surface area contributed by atoms with Crippen molar-refractivity contribution in [3.8, 4) is 5.75 Å². The van der Waals surface area contributed by atoms with Crippen LogP contribution in [0, 0.1) is 0 Å². The van der Waals surface area contributed by atoms with E-state index < -0.39 is 23.8 Å². The van der Waals surface area contributed by atoms with Gasteiger partial charge in [0.25, 0.3) is 11.8 Å². The summed E-state index contributed by atoms with van der Waals surface area (Å²) < 4.78 is 10.9. The molecule has 1 aliphatic heterocycles. The van der Waals surface area contributed by atoms with Crippen molar-refractivity contribution in [2.24, 2.45) is 0 Å². The van der Waals surface area contributed by atoms with Gasteiger partial charge >= 0.3 is 12.0 Å². The van der Waals surface area contributed by atoms with E-state index in [2.05, 4.69) is 5.32 Å². The van der Waals surface area contributed by atoms with Gasteiger partial charge in [0, 0.05) is 5.56 Å². The van der Waals surface area contributed by atoms with Crippen molar-refractivity contribution in [3.05, 3.63) is 101 Å². The van der Waals surface area contributed by atoms with Crippen LogP contribution in [0.15, 0.2) is 84.4 Å². The number of imide groups is 2. The zero-order valence-corrected chi connectivity index (χ0v) is 18.9. The van der Waals surface area contributed by atoms with Crippen LogP contribution in [0.25, 0.3) is 6.08 Å². The Labute approximate surface area is 201 Å². The molecule has 176 valence electrons. The highest BCUT2D eigenvalue weighted by Crippen LogP contribution is 2.26. The number of rotatable bonds is 7. The van der Waals surface area contributed by atoms with E-state index >= 15 is 0 Å². The predicted molar refractivity (Wildman–Crippen MR) is 129 cm³/mol. The molecule has 0 atom stereocenters. The number of urea groups is 1. The minimum atomic E-state index is -0.880. The number of carbonyl (C=O) groups excluding carboxylic acids is 4. The fraction of sp³-hybridized carbons (Fsp3) is 0.111. The van der Waals surface area contributed by atoms with Crippen molar-refractivity contribution in [1.29, 1.82) is 0 Å². The highest BCUT2D eigenvalue weighted by molar-refractivity contribution is 6.39. The summed E-state index contributed by atoms with van der Waals surface area (Å²) in [5, 5.41) is 2.19. The lowest BCUT2D eigenvalue weighted by molar-refractivity contribution is -0.122. The number of ether oxygens (including phenoxy) is 2. The summed E-state index contributed by atoms with van der Waals surface area (Å²) >= 11 is 0. The first-order chi connectivity index (χ1) is 17.0. The van der Waals surface area contributed by atoms with E-state index in [4.69, 9.17) is 9.47 Å². The van der Waals surface area contributed by atoms with Crippen LogP contribution < -0.4 is 15.0 Å². The Kier molecular flexibility index (Phi) is 7.02. The zero-order valence-electron chi connectivity index (χ0n) is 18.9. The first-order valence-corrected chi connectivity index (χ1v) is 10.9. The molecule has 3 aromatic carbocycles. The Morgan fingerprint density at radius 1 is 0.914 bits per heavy atom. The van der Waals surface area contributed by atoms with Gasteiger partial charge in [-0.15, -0.1) is 0 Å². The highest BCUT2D eigenvalue weighted by Gasteiger charge is 2.37. The average Bonchev–Trinajstić information content (AvgIpc) is 2.87. The Hall–Kier alpha value is -4.72. The fourth-order valence-electron chi connectivity index (χ4n) is 3.48. The summed E-state index contributed by atoms with van der Waals surface area (Å²) in [6.07, 6.45) is 1.39. The second-order valence-corrected chi connectivity index (χ2v) is 7.54. The molecule has 4 rings (SSSR count). The van der Waals surface area contributed by atoms with Crippen molar-refractivity contribution in [1.82, 2.24) is 5.32 Å². The molecular weight excluding hydrogens is 448 g/mol. The minimum Gasteiger partial charge on any atom is -0.488 e. The van der Waals surface area contributed by atoms with Gasteiger partial charge in [-0.05, 0) is 48.9 Å². The fourth-order valence-corrected chi connectivity index (χ4v) is 3.48. The lowest BCUT2D eigenvalue weighted by Crippen LogP contribution is -2.54. The average molecular weight is 470 g/mol. The lowest BCUT2D eigenvalue weighted by Gasteiger charge is -2.26. The summed E-state index contributed by atoms with van der Waals surface area (Å²) in [7, 11) is 0. The summed E-state index contributed by atoms with van der Waals surface area (Å²) in [6, 6.07) is 21.4. The molecule has 0 spiro atoms. The van der Waals surface area contributed by atoms with Crippen LogP contribution in [0.2, 0.25) is 0 Å². The van der Waals surface area contributed by atoms with Gasteiger partial charge in [0.2, 0.25) is 0 Å². The topological polar surface area (TPSA) is 102 Å². The maximum atomic E-state index is 13.2. The van der Waals surface area contributed by atoms with Gasteiger partial charge < -0.3 is 9.47 Å². The van der Waals surface area contributed by atoms with E-state index in [0.717, 1.165) is 10.5 Å². The molecule has 1 saturated heterocycles. The summed E-state index contributed by atoms with van der Waals surface area (Å²) in [6.45, 7) is 2.22. The molecule has 1 aliphatic rings. The van der Waals surface area contributed by atoms with Crippen molar-refractivity contribution in [2.45, 2.75) is 13.5 Å². The van der Waals surface area contributed by atoms with Gasteiger partial charge in [0.1, 0.15) is 17.9 Å². The van der Waals surface area contributed by atoms with Crippen molar-refractivity contribution in [3.63, 3.8) is 0 Å². The molecule has 3 aromatic rings. The number of nitrogens with zero attached hydrogens (tertiary/aromatic N) is 1. The molecule has 1 fully saturated rings. The largest absolute Gasteiger partial charge is 0.488 e. The maximum absolute atomic E-state index is 13.2. The molecular formula is C27H22N2O6. The van der Waals surface area contributed by atoms with Gasteiger partial charge in [-0.25, -0.2) is 14.5 Å². The number of nitrogens with one attached hydrogen (secondary N) is 1. The molecule has 0 aliphatic carbocycles. The molecule has 1 heterocycles. The van der Waals surface area contributed by atoms with Crippen LogP contribution in [-0.2, 0) is 20.9 Å². The number of barbiturate groups is 1. The van der Waals surface area contributed by atoms with Gasteiger partial charge in [-0.2, -0.15) is 0 Å². The molecule has 1 N–H and O–H groups in total. The van der Waals surface area contributed by atoms with Crippen LogP contribution in [0.5, 0.6) is 5.75 Å². The maximum Gasteiger partial charge on any atom is 0.338 e. The quantitative estimate of drug-likeness (QED) is 0.317.